The number of aliphatic carboxylic acids is 1. The Morgan fingerprint density at radius 3 is 2.64 bits per heavy atom. The minimum atomic E-state index is -0.820. The molecule has 140 valence electrons. The van der Waals surface area contributed by atoms with E-state index in [0.717, 1.165) is 36.3 Å². The van der Waals surface area contributed by atoms with E-state index < -0.39 is 17.4 Å². The Labute approximate surface area is 150 Å². The van der Waals surface area contributed by atoms with Crippen LogP contribution in [0, 0.1) is 25.7 Å². The number of hydrogen-bond acceptors (Lipinski definition) is 3. The Balaban J connectivity index is 2.12. The van der Waals surface area contributed by atoms with Crippen molar-refractivity contribution in [1.29, 1.82) is 0 Å². The first-order valence-electron chi connectivity index (χ1n) is 9.20. The Bertz CT molecular complexity index is 651. The number of nitrogens with one attached hydrogen (secondary N) is 1. The van der Waals surface area contributed by atoms with Crippen LogP contribution in [0.5, 0.6) is 0 Å². The molecule has 2 rings (SSSR count). The predicted octanol–water partition coefficient (Wildman–Crippen LogP) is 2.85. The fourth-order valence-corrected chi connectivity index (χ4v) is 3.92. The smallest absolute Gasteiger partial charge is 0.308 e. The number of nitrogens with zero attached hydrogens (tertiary/aromatic N) is 2. The fourth-order valence-electron chi connectivity index (χ4n) is 3.92. The van der Waals surface area contributed by atoms with Gasteiger partial charge >= 0.3 is 5.97 Å². The molecule has 1 aliphatic rings. The van der Waals surface area contributed by atoms with Gasteiger partial charge in [0.05, 0.1) is 23.6 Å². The minimum absolute atomic E-state index is 0.119. The molecule has 2 atom stereocenters. The third kappa shape index (κ3) is 4.41. The van der Waals surface area contributed by atoms with Gasteiger partial charge in [0.2, 0.25) is 5.91 Å². The molecule has 0 saturated heterocycles. The summed E-state index contributed by atoms with van der Waals surface area (Å²) in [7, 11) is 0. The van der Waals surface area contributed by atoms with Gasteiger partial charge in [0.25, 0.3) is 0 Å². The lowest BCUT2D eigenvalue weighted by Crippen LogP contribution is -2.55. The Morgan fingerprint density at radius 1 is 1.36 bits per heavy atom. The summed E-state index contributed by atoms with van der Waals surface area (Å²) in [6, 6.07) is 0. The number of amides is 1. The van der Waals surface area contributed by atoms with Crippen molar-refractivity contribution in [3.63, 3.8) is 0 Å². The maximum Gasteiger partial charge on any atom is 0.308 e. The summed E-state index contributed by atoms with van der Waals surface area (Å²) in [6.07, 6.45) is 3.43. The number of carboxylic acids is 1. The van der Waals surface area contributed by atoms with E-state index in [4.69, 9.17) is 0 Å². The van der Waals surface area contributed by atoms with Gasteiger partial charge in [-0.15, -0.1) is 0 Å². The summed E-state index contributed by atoms with van der Waals surface area (Å²) in [5, 5.41) is 17.1. The number of carbonyl (C=O) groups is 2. The SMILES string of the molecule is Cc1nn(CC(C)C)c(C)c1CC(=O)NC1(C)CCCCC1C(=O)O. The summed E-state index contributed by atoms with van der Waals surface area (Å²) >= 11 is 0. The highest BCUT2D eigenvalue weighted by Crippen LogP contribution is 2.34. The highest BCUT2D eigenvalue weighted by Gasteiger charge is 2.42. The number of carboxylic acid groups (broad SMARTS) is 1. The monoisotopic (exact) mass is 349 g/mol. The molecule has 0 aliphatic heterocycles. The van der Waals surface area contributed by atoms with Crippen LogP contribution in [0.4, 0.5) is 0 Å². The Hall–Kier alpha value is -1.85. The quantitative estimate of drug-likeness (QED) is 0.827. The number of hydrogen-bond donors (Lipinski definition) is 2. The first-order valence-corrected chi connectivity index (χ1v) is 9.20. The zero-order valence-corrected chi connectivity index (χ0v) is 16.1. The van der Waals surface area contributed by atoms with Crippen molar-refractivity contribution in [2.24, 2.45) is 11.8 Å². The topological polar surface area (TPSA) is 84.2 Å². The van der Waals surface area contributed by atoms with E-state index in [2.05, 4.69) is 24.3 Å². The van der Waals surface area contributed by atoms with Gasteiger partial charge in [-0.1, -0.05) is 26.7 Å². The number of rotatable bonds is 6. The maximum atomic E-state index is 12.6. The van der Waals surface area contributed by atoms with Crippen molar-refractivity contribution in [1.82, 2.24) is 15.1 Å². The second-order valence-electron chi connectivity index (χ2n) is 8.00. The molecule has 25 heavy (non-hydrogen) atoms. The zero-order chi connectivity index (χ0) is 18.8. The van der Waals surface area contributed by atoms with E-state index >= 15 is 0 Å². The first-order chi connectivity index (χ1) is 11.6. The van der Waals surface area contributed by atoms with Crippen LogP contribution >= 0.6 is 0 Å². The summed E-state index contributed by atoms with van der Waals surface area (Å²) in [4.78, 5) is 24.2. The van der Waals surface area contributed by atoms with Gasteiger partial charge in [0.15, 0.2) is 0 Å². The van der Waals surface area contributed by atoms with Gasteiger partial charge in [-0.2, -0.15) is 5.10 Å². The second-order valence-corrected chi connectivity index (χ2v) is 8.00. The summed E-state index contributed by atoms with van der Waals surface area (Å²) in [6.45, 7) is 10.9. The van der Waals surface area contributed by atoms with Crippen LogP contribution in [0.3, 0.4) is 0 Å². The lowest BCUT2D eigenvalue weighted by molar-refractivity contribution is -0.146. The van der Waals surface area contributed by atoms with Gasteiger partial charge in [-0.05, 0) is 39.5 Å². The largest absolute Gasteiger partial charge is 0.481 e. The molecule has 1 saturated carbocycles. The van der Waals surface area contributed by atoms with Gasteiger partial charge in [0.1, 0.15) is 0 Å². The molecule has 6 heteroatoms. The van der Waals surface area contributed by atoms with E-state index in [1.807, 2.05) is 25.5 Å². The van der Waals surface area contributed by atoms with Gasteiger partial charge < -0.3 is 10.4 Å². The molecular formula is C19H31N3O3. The lowest BCUT2D eigenvalue weighted by Gasteiger charge is -2.39. The van der Waals surface area contributed by atoms with Crippen LogP contribution in [-0.4, -0.2) is 32.3 Å². The van der Waals surface area contributed by atoms with Gasteiger partial charge in [-0.3, -0.25) is 14.3 Å². The molecule has 0 bridgehead atoms. The van der Waals surface area contributed by atoms with Gasteiger partial charge in [-0.25, -0.2) is 0 Å². The van der Waals surface area contributed by atoms with Crippen LogP contribution in [0.15, 0.2) is 0 Å². The summed E-state index contributed by atoms with van der Waals surface area (Å²) in [5.74, 6) is -0.973. The van der Waals surface area contributed by atoms with Crippen molar-refractivity contribution in [3.05, 3.63) is 17.0 Å². The van der Waals surface area contributed by atoms with E-state index in [1.165, 1.54) is 0 Å². The maximum absolute atomic E-state index is 12.6. The van der Waals surface area contributed by atoms with E-state index in [1.54, 1.807) is 0 Å². The lowest BCUT2D eigenvalue weighted by atomic mass is 9.74. The Kier molecular flexibility index (Phi) is 5.91. The molecule has 0 spiro atoms. The molecule has 0 radical (unpaired) electrons. The van der Waals surface area contributed by atoms with Crippen LogP contribution in [-0.2, 0) is 22.6 Å². The van der Waals surface area contributed by atoms with Crippen LogP contribution in [0.25, 0.3) is 0 Å². The summed E-state index contributed by atoms with van der Waals surface area (Å²) < 4.78 is 1.96. The van der Waals surface area contributed by atoms with E-state index in [-0.39, 0.29) is 12.3 Å². The molecule has 1 heterocycles. The normalized spacial score (nSPS) is 23.7. The second kappa shape index (κ2) is 7.58. The molecule has 2 N–H and O–H groups in total. The van der Waals surface area contributed by atoms with Gasteiger partial charge in [0, 0.05) is 17.8 Å². The van der Waals surface area contributed by atoms with E-state index in [0.29, 0.717) is 18.8 Å². The molecule has 1 aromatic heterocycles. The molecule has 6 nitrogen and oxygen atoms in total. The number of carbonyl (C=O) groups excluding carboxylic acids is 1. The van der Waals surface area contributed by atoms with Crippen molar-refractivity contribution < 1.29 is 14.7 Å². The van der Waals surface area contributed by atoms with Crippen molar-refractivity contribution in [2.45, 2.75) is 78.8 Å². The number of aromatic nitrogens is 2. The zero-order valence-electron chi connectivity index (χ0n) is 16.1. The first kappa shape index (κ1) is 19.5. The average Bonchev–Trinajstić information content (AvgIpc) is 2.73. The summed E-state index contributed by atoms with van der Waals surface area (Å²) in [5.41, 5.74) is 2.17. The van der Waals surface area contributed by atoms with Crippen LogP contribution < -0.4 is 5.32 Å². The van der Waals surface area contributed by atoms with Crippen LogP contribution in [0.1, 0.15) is 63.4 Å². The molecule has 0 aromatic carbocycles. The molecule has 2 unspecified atom stereocenters. The molecule has 1 amide bonds. The van der Waals surface area contributed by atoms with Crippen molar-refractivity contribution in [3.8, 4) is 0 Å². The molecule has 1 aromatic rings. The third-order valence-corrected chi connectivity index (χ3v) is 5.34. The number of aryl methyl sites for hydroxylation is 1. The predicted molar refractivity (Wildman–Crippen MR) is 96.4 cm³/mol. The van der Waals surface area contributed by atoms with Crippen LogP contribution in [0.2, 0.25) is 0 Å². The van der Waals surface area contributed by atoms with Crippen molar-refractivity contribution in [2.75, 3.05) is 0 Å². The highest BCUT2D eigenvalue weighted by atomic mass is 16.4. The minimum Gasteiger partial charge on any atom is -0.481 e. The average molecular weight is 349 g/mol. The fraction of sp³-hybridized carbons (Fsp3) is 0.737. The Morgan fingerprint density at radius 2 is 2.04 bits per heavy atom. The van der Waals surface area contributed by atoms with E-state index in [9.17, 15) is 14.7 Å². The molecule has 1 fully saturated rings. The highest BCUT2D eigenvalue weighted by molar-refractivity contribution is 5.81. The molecular weight excluding hydrogens is 318 g/mol. The van der Waals surface area contributed by atoms with Crippen molar-refractivity contribution >= 4 is 11.9 Å². The third-order valence-electron chi connectivity index (χ3n) is 5.34. The standard InChI is InChI=1S/C19H31N3O3/c1-12(2)11-22-14(4)15(13(3)21-22)10-17(23)20-19(5)9-7-6-8-16(19)18(24)25/h12,16H,6-11H2,1-5H3,(H,20,23)(H,24,25). The molecule has 1 aliphatic carbocycles.